The Labute approximate surface area is 109 Å². The molecule has 18 heavy (non-hydrogen) atoms. The molecule has 4 heteroatoms. The van der Waals surface area contributed by atoms with Crippen LogP contribution in [0, 0.1) is 18.8 Å². The second kappa shape index (κ2) is 4.48. The van der Waals surface area contributed by atoms with Crippen LogP contribution in [0.3, 0.4) is 0 Å². The van der Waals surface area contributed by atoms with E-state index in [9.17, 15) is 0 Å². The van der Waals surface area contributed by atoms with Crippen LogP contribution in [0.15, 0.2) is 0 Å². The van der Waals surface area contributed by atoms with E-state index in [-0.39, 0.29) is 0 Å². The van der Waals surface area contributed by atoms with Gasteiger partial charge in [-0.3, -0.25) is 4.68 Å². The van der Waals surface area contributed by atoms with Crippen molar-refractivity contribution in [3.63, 3.8) is 0 Å². The smallest absolute Gasteiger partial charge is 0.150 e. The van der Waals surface area contributed by atoms with Crippen molar-refractivity contribution in [2.45, 2.75) is 39.0 Å². The molecule has 1 saturated heterocycles. The van der Waals surface area contributed by atoms with Gasteiger partial charge in [-0.05, 0) is 31.6 Å². The average Bonchev–Trinajstić information content (AvgIpc) is 2.63. The van der Waals surface area contributed by atoms with E-state index in [0.29, 0.717) is 0 Å². The van der Waals surface area contributed by atoms with Gasteiger partial charge in [0.25, 0.3) is 0 Å². The Morgan fingerprint density at radius 3 is 2.56 bits per heavy atom. The summed E-state index contributed by atoms with van der Waals surface area (Å²) in [5, 5.41) is 4.44. The quantitative estimate of drug-likeness (QED) is 0.829. The number of anilines is 2. The molecule has 100 valence electrons. The van der Waals surface area contributed by atoms with Crippen molar-refractivity contribution in [2.75, 3.05) is 23.7 Å². The molecule has 1 aliphatic heterocycles. The molecule has 0 aromatic carbocycles. The lowest BCUT2D eigenvalue weighted by Gasteiger charge is -2.42. The molecule has 0 amide bonds. The number of piperidine rings is 1. The van der Waals surface area contributed by atoms with Gasteiger partial charge in [0.15, 0.2) is 0 Å². The highest BCUT2D eigenvalue weighted by Crippen LogP contribution is 2.38. The van der Waals surface area contributed by atoms with E-state index in [2.05, 4.69) is 10.00 Å². The second-order valence-electron chi connectivity index (χ2n) is 5.99. The zero-order chi connectivity index (χ0) is 12.7. The second-order valence-corrected chi connectivity index (χ2v) is 5.99. The van der Waals surface area contributed by atoms with Crippen LogP contribution in [0.1, 0.15) is 37.8 Å². The lowest BCUT2D eigenvalue weighted by molar-refractivity contribution is 0.201. The third-order valence-electron chi connectivity index (χ3n) is 4.83. The fourth-order valence-corrected chi connectivity index (χ4v) is 3.83. The van der Waals surface area contributed by atoms with Crippen molar-refractivity contribution in [1.29, 1.82) is 0 Å². The highest BCUT2D eigenvalue weighted by atomic mass is 15.4. The minimum atomic E-state index is 0.867. The number of nitrogens with zero attached hydrogens (tertiary/aromatic N) is 3. The van der Waals surface area contributed by atoms with E-state index in [1.807, 2.05) is 18.7 Å². The maximum atomic E-state index is 6.18. The van der Waals surface area contributed by atoms with E-state index in [4.69, 9.17) is 5.73 Å². The van der Waals surface area contributed by atoms with Gasteiger partial charge < -0.3 is 10.6 Å². The molecule has 2 N–H and O–H groups in total. The van der Waals surface area contributed by atoms with Gasteiger partial charge in [0.1, 0.15) is 5.82 Å². The lowest BCUT2D eigenvalue weighted by Crippen LogP contribution is -2.42. The first kappa shape index (κ1) is 11.9. The van der Waals surface area contributed by atoms with Crippen LogP contribution >= 0.6 is 0 Å². The van der Waals surface area contributed by atoms with Gasteiger partial charge in [0.2, 0.25) is 0 Å². The normalized spacial score (nSPS) is 28.2. The summed E-state index contributed by atoms with van der Waals surface area (Å²) >= 11 is 0. The molecule has 0 spiro atoms. The van der Waals surface area contributed by atoms with Gasteiger partial charge in [0, 0.05) is 20.1 Å². The molecular formula is C14H24N4. The summed E-state index contributed by atoms with van der Waals surface area (Å²) in [7, 11) is 2.01. The third-order valence-corrected chi connectivity index (χ3v) is 4.83. The molecule has 1 aromatic heterocycles. The first-order chi connectivity index (χ1) is 8.66. The Morgan fingerprint density at radius 2 is 1.89 bits per heavy atom. The Hall–Kier alpha value is -1.19. The van der Waals surface area contributed by atoms with Gasteiger partial charge in [-0.25, -0.2) is 0 Å². The molecule has 1 aromatic rings. The molecule has 0 bridgehead atoms. The first-order valence-electron chi connectivity index (χ1n) is 7.21. The molecular weight excluding hydrogens is 224 g/mol. The van der Waals surface area contributed by atoms with E-state index in [1.54, 1.807) is 0 Å². The number of nitrogens with two attached hydrogens (primary N) is 1. The van der Waals surface area contributed by atoms with Crippen LogP contribution in [0.5, 0.6) is 0 Å². The number of aromatic nitrogens is 2. The van der Waals surface area contributed by atoms with Crippen molar-refractivity contribution in [1.82, 2.24) is 9.78 Å². The number of hydrogen-bond donors (Lipinski definition) is 1. The predicted molar refractivity (Wildman–Crippen MR) is 74.6 cm³/mol. The van der Waals surface area contributed by atoms with Crippen LogP contribution in [-0.2, 0) is 7.05 Å². The van der Waals surface area contributed by atoms with Crippen molar-refractivity contribution >= 4 is 11.5 Å². The SMILES string of the molecule is Cc1nn(C)c(N2CCC3CCCCC3C2)c1N. The van der Waals surface area contributed by atoms with Gasteiger partial charge in [-0.1, -0.05) is 19.3 Å². The third kappa shape index (κ3) is 1.88. The minimum absolute atomic E-state index is 0.867. The van der Waals surface area contributed by atoms with Gasteiger partial charge >= 0.3 is 0 Å². The summed E-state index contributed by atoms with van der Waals surface area (Å²) in [5.74, 6) is 2.98. The van der Waals surface area contributed by atoms with Crippen molar-refractivity contribution < 1.29 is 0 Å². The topological polar surface area (TPSA) is 47.1 Å². The van der Waals surface area contributed by atoms with Gasteiger partial charge in [-0.2, -0.15) is 5.10 Å². The van der Waals surface area contributed by atoms with Crippen molar-refractivity contribution in [2.24, 2.45) is 18.9 Å². The molecule has 1 aliphatic carbocycles. The maximum Gasteiger partial charge on any atom is 0.150 e. The highest BCUT2D eigenvalue weighted by Gasteiger charge is 2.32. The summed E-state index contributed by atoms with van der Waals surface area (Å²) in [5.41, 5.74) is 8.00. The van der Waals surface area contributed by atoms with E-state index >= 15 is 0 Å². The van der Waals surface area contributed by atoms with E-state index in [0.717, 1.165) is 35.6 Å². The number of fused-ring (bicyclic) bond motifs is 1. The van der Waals surface area contributed by atoms with Crippen LogP contribution in [0.25, 0.3) is 0 Å². The molecule has 2 fully saturated rings. The molecule has 3 rings (SSSR count). The fraction of sp³-hybridized carbons (Fsp3) is 0.786. The summed E-state index contributed by atoms with van der Waals surface area (Å²) in [6.45, 7) is 4.31. The zero-order valence-corrected chi connectivity index (χ0v) is 11.5. The van der Waals surface area contributed by atoms with Crippen LogP contribution in [0.2, 0.25) is 0 Å². The minimum Gasteiger partial charge on any atom is -0.394 e. The molecule has 0 radical (unpaired) electrons. The van der Waals surface area contributed by atoms with Crippen molar-refractivity contribution in [3.8, 4) is 0 Å². The largest absolute Gasteiger partial charge is 0.394 e. The molecule has 2 atom stereocenters. The van der Waals surface area contributed by atoms with Crippen LogP contribution < -0.4 is 10.6 Å². The molecule has 2 unspecified atom stereocenters. The number of rotatable bonds is 1. The molecule has 2 heterocycles. The summed E-state index contributed by atoms with van der Waals surface area (Å²) in [4.78, 5) is 2.46. The average molecular weight is 248 g/mol. The monoisotopic (exact) mass is 248 g/mol. The summed E-state index contributed by atoms with van der Waals surface area (Å²) < 4.78 is 1.95. The number of nitrogen functional groups attached to an aromatic ring is 1. The number of aryl methyl sites for hydroxylation is 2. The highest BCUT2D eigenvalue weighted by molar-refractivity contribution is 5.66. The van der Waals surface area contributed by atoms with Crippen LogP contribution in [-0.4, -0.2) is 22.9 Å². The first-order valence-corrected chi connectivity index (χ1v) is 7.21. The summed E-state index contributed by atoms with van der Waals surface area (Å²) in [6, 6.07) is 0. The Morgan fingerprint density at radius 1 is 1.17 bits per heavy atom. The Kier molecular flexibility index (Phi) is 2.96. The maximum absolute atomic E-state index is 6.18. The van der Waals surface area contributed by atoms with Gasteiger partial charge in [0.05, 0.1) is 11.4 Å². The van der Waals surface area contributed by atoms with E-state index in [1.165, 1.54) is 38.6 Å². The Balaban J connectivity index is 1.81. The van der Waals surface area contributed by atoms with Crippen LogP contribution in [0.4, 0.5) is 11.5 Å². The number of hydrogen-bond acceptors (Lipinski definition) is 3. The predicted octanol–water partition coefficient (Wildman–Crippen LogP) is 2.33. The standard InChI is InChI=1S/C14H24N4/c1-10-13(15)14(17(2)16-10)18-8-7-11-5-3-4-6-12(11)9-18/h11-12H,3-9,15H2,1-2H3. The fourth-order valence-electron chi connectivity index (χ4n) is 3.83. The molecule has 4 nitrogen and oxygen atoms in total. The zero-order valence-electron chi connectivity index (χ0n) is 11.5. The van der Waals surface area contributed by atoms with Crippen molar-refractivity contribution in [3.05, 3.63) is 5.69 Å². The lowest BCUT2D eigenvalue weighted by atomic mass is 9.75. The van der Waals surface area contributed by atoms with E-state index < -0.39 is 0 Å². The van der Waals surface area contributed by atoms with Gasteiger partial charge in [-0.15, -0.1) is 0 Å². The Bertz CT molecular complexity index is 437. The molecule has 2 aliphatic rings. The molecule has 1 saturated carbocycles. The summed E-state index contributed by atoms with van der Waals surface area (Å²) in [6.07, 6.45) is 7.02.